The van der Waals surface area contributed by atoms with E-state index >= 15 is 0 Å². The highest BCUT2D eigenvalue weighted by molar-refractivity contribution is 6.06. The third-order valence-corrected chi connectivity index (χ3v) is 3.83. The predicted molar refractivity (Wildman–Crippen MR) is 76.6 cm³/mol. The van der Waals surface area contributed by atoms with Crippen LogP contribution in [0.4, 0.5) is 0 Å². The SMILES string of the molecule is CCCc1c(C)c2c(c(C)c1O)C(C(=O)OCC)C(=O)O2. The largest absolute Gasteiger partial charge is 0.507 e. The summed E-state index contributed by atoms with van der Waals surface area (Å²) < 4.78 is 10.2. The predicted octanol–water partition coefficient (Wildman–Crippen LogP) is 2.53. The molecule has 21 heavy (non-hydrogen) atoms. The molecule has 0 fully saturated rings. The minimum Gasteiger partial charge on any atom is -0.507 e. The molecule has 0 spiro atoms. The molecule has 1 heterocycles. The third-order valence-electron chi connectivity index (χ3n) is 3.83. The Morgan fingerprint density at radius 3 is 2.52 bits per heavy atom. The van der Waals surface area contributed by atoms with Crippen LogP contribution in [0, 0.1) is 13.8 Å². The van der Waals surface area contributed by atoms with Crippen LogP contribution in [0.1, 0.15) is 48.4 Å². The van der Waals surface area contributed by atoms with Crippen LogP contribution in [0.25, 0.3) is 0 Å². The Hall–Kier alpha value is -2.04. The molecule has 1 atom stereocenters. The van der Waals surface area contributed by atoms with Crippen molar-refractivity contribution in [3.05, 3.63) is 22.3 Å². The van der Waals surface area contributed by atoms with Gasteiger partial charge in [0.1, 0.15) is 11.5 Å². The van der Waals surface area contributed by atoms with E-state index in [4.69, 9.17) is 9.47 Å². The van der Waals surface area contributed by atoms with Gasteiger partial charge in [-0.25, -0.2) is 0 Å². The van der Waals surface area contributed by atoms with Gasteiger partial charge in [0.05, 0.1) is 6.61 Å². The van der Waals surface area contributed by atoms with Gasteiger partial charge in [-0.2, -0.15) is 0 Å². The Morgan fingerprint density at radius 2 is 1.95 bits per heavy atom. The number of carbonyl (C=O) groups is 2. The van der Waals surface area contributed by atoms with E-state index in [1.807, 2.05) is 6.92 Å². The molecule has 0 amide bonds. The lowest BCUT2D eigenvalue weighted by Crippen LogP contribution is -2.22. The van der Waals surface area contributed by atoms with E-state index < -0.39 is 17.9 Å². The normalized spacial score (nSPS) is 16.6. The zero-order chi connectivity index (χ0) is 15.7. The summed E-state index contributed by atoms with van der Waals surface area (Å²) in [6, 6.07) is 0. The Labute approximate surface area is 123 Å². The fraction of sp³-hybridized carbons (Fsp3) is 0.500. The molecule has 0 saturated carbocycles. The second kappa shape index (κ2) is 5.76. The maximum absolute atomic E-state index is 12.0. The molecular formula is C16H20O5. The average Bonchev–Trinajstić information content (AvgIpc) is 2.79. The molecule has 1 aliphatic rings. The smallest absolute Gasteiger partial charge is 0.330 e. The van der Waals surface area contributed by atoms with Gasteiger partial charge in [-0.1, -0.05) is 13.3 Å². The van der Waals surface area contributed by atoms with Crippen molar-refractivity contribution in [3.63, 3.8) is 0 Å². The van der Waals surface area contributed by atoms with Crippen LogP contribution in [0.2, 0.25) is 0 Å². The molecule has 1 aliphatic heterocycles. The number of carbonyl (C=O) groups excluding carboxylic acids is 2. The van der Waals surface area contributed by atoms with Gasteiger partial charge in [0.25, 0.3) is 0 Å². The molecule has 2 rings (SSSR count). The van der Waals surface area contributed by atoms with Crippen LogP contribution in [0.3, 0.4) is 0 Å². The van der Waals surface area contributed by atoms with Crippen molar-refractivity contribution in [1.82, 2.24) is 0 Å². The van der Waals surface area contributed by atoms with E-state index in [1.54, 1.807) is 20.8 Å². The molecule has 0 aromatic heterocycles. The summed E-state index contributed by atoms with van der Waals surface area (Å²) >= 11 is 0. The molecule has 0 bridgehead atoms. The Morgan fingerprint density at radius 1 is 1.29 bits per heavy atom. The minimum absolute atomic E-state index is 0.140. The van der Waals surface area contributed by atoms with E-state index in [9.17, 15) is 14.7 Å². The Bertz CT molecular complexity index is 603. The first-order valence-corrected chi connectivity index (χ1v) is 7.17. The number of benzene rings is 1. The quantitative estimate of drug-likeness (QED) is 0.524. The van der Waals surface area contributed by atoms with E-state index in [0.717, 1.165) is 17.5 Å². The molecule has 0 saturated heterocycles. The van der Waals surface area contributed by atoms with Gasteiger partial charge in [-0.05, 0) is 38.3 Å². The molecule has 5 heteroatoms. The molecule has 114 valence electrons. The third kappa shape index (κ3) is 2.37. The molecule has 5 nitrogen and oxygen atoms in total. The van der Waals surface area contributed by atoms with Crippen LogP contribution in [-0.2, 0) is 20.7 Å². The van der Waals surface area contributed by atoms with Crippen molar-refractivity contribution in [2.75, 3.05) is 6.61 Å². The molecule has 1 aromatic carbocycles. The first-order valence-electron chi connectivity index (χ1n) is 7.17. The Balaban J connectivity index is 2.61. The topological polar surface area (TPSA) is 72.8 Å². The lowest BCUT2D eigenvalue weighted by molar-refractivity contribution is -0.151. The van der Waals surface area contributed by atoms with Crippen molar-refractivity contribution < 1.29 is 24.2 Å². The van der Waals surface area contributed by atoms with Gasteiger partial charge < -0.3 is 14.6 Å². The summed E-state index contributed by atoms with van der Waals surface area (Å²) in [5, 5.41) is 10.4. The van der Waals surface area contributed by atoms with E-state index in [0.29, 0.717) is 23.3 Å². The van der Waals surface area contributed by atoms with Crippen molar-refractivity contribution in [2.24, 2.45) is 0 Å². The summed E-state index contributed by atoms with van der Waals surface area (Å²) in [5.74, 6) is -1.83. The average molecular weight is 292 g/mol. The second-order valence-corrected chi connectivity index (χ2v) is 5.18. The highest BCUT2D eigenvalue weighted by atomic mass is 16.6. The number of phenolic OH excluding ortho intramolecular Hbond substituents is 1. The number of ether oxygens (including phenoxy) is 2. The van der Waals surface area contributed by atoms with Gasteiger partial charge in [-0.3, -0.25) is 9.59 Å². The van der Waals surface area contributed by atoms with Crippen LogP contribution >= 0.6 is 0 Å². The summed E-state index contributed by atoms with van der Waals surface area (Å²) in [6.07, 6.45) is 1.55. The standard InChI is InChI=1S/C16H20O5/c1-5-7-10-8(3)14-11(9(4)13(10)17)12(16(19)21-14)15(18)20-6-2/h12,17H,5-7H2,1-4H3. The van der Waals surface area contributed by atoms with Crippen LogP contribution in [0.5, 0.6) is 11.5 Å². The number of hydrogen-bond acceptors (Lipinski definition) is 5. The van der Waals surface area contributed by atoms with Gasteiger partial charge in [0, 0.05) is 11.1 Å². The molecule has 0 aliphatic carbocycles. The number of aromatic hydroxyl groups is 1. The van der Waals surface area contributed by atoms with Crippen LogP contribution in [0.15, 0.2) is 0 Å². The maximum atomic E-state index is 12.0. The second-order valence-electron chi connectivity index (χ2n) is 5.18. The van der Waals surface area contributed by atoms with Gasteiger partial charge in [0.2, 0.25) is 0 Å². The van der Waals surface area contributed by atoms with E-state index in [1.165, 1.54) is 0 Å². The number of esters is 2. The molecule has 1 aromatic rings. The van der Waals surface area contributed by atoms with Gasteiger partial charge in [0.15, 0.2) is 5.92 Å². The number of hydrogen-bond donors (Lipinski definition) is 1. The summed E-state index contributed by atoms with van der Waals surface area (Å²) in [5.41, 5.74) is 2.44. The van der Waals surface area contributed by atoms with Crippen LogP contribution in [-0.4, -0.2) is 23.7 Å². The van der Waals surface area contributed by atoms with Crippen molar-refractivity contribution >= 4 is 11.9 Å². The van der Waals surface area contributed by atoms with Crippen LogP contribution < -0.4 is 4.74 Å². The molecular weight excluding hydrogens is 272 g/mol. The highest BCUT2D eigenvalue weighted by Crippen LogP contribution is 2.46. The fourth-order valence-corrected chi connectivity index (χ4v) is 2.79. The zero-order valence-electron chi connectivity index (χ0n) is 12.8. The first-order chi connectivity index (χ1) is 9.93. The first kappa shape index (κ1) is 15.4. The summed E-state index contributed by atoms with van der Waals surface area (Å²) in [4.78, 5) is 24.0. The minimum atomic E-state index is -1.10. The van der Waals surface area contributed by atoms with Crippen molar-refractivity contribution in [2.45, 2.75) is 46.5 Å². The number of rotatable bonds is 4. The van der Waals surface area contributed by atoms with Crippen molar-refractivity contribution in [1.29, 1.82) is 0 Å². The maximum Gasteiger partial charge on any atom is 0.330 e. The molecule has 1 N–H and O–H groups in total. The molecule has 1 unspecified atom stereocenters. The highest BCUT2D eigenvalue weighted by Gasteiger charge is 2.43. The van der Waals surface area contributed by atoms with E-state index in [-0.39, 0.29) is 12.4 Å². The number of phenols is 1. The lowest BCUT2D eigenvalue weighted by atomic mass is 9.89. The summed E-state index contributed by atoms with van der Waals surface area (Å²) in [6.45, 7) is 7.37. The molecule has 0 radical (unpaired) electrons. The fourth-order valence-electron chi connectivity index (χ4n) is 2.79. The van der Waals surface area contributed by atoms with Gasteiger partial charge in [-0.15, -0.1) is 0 Å². The Kier molecular flexibility index (Phi) is 4.21. The summed E-state index contributed by atoms with van der Waals surface area (Å²) in [7, 11) is 0. The lowest BCUT2D eigenvalue weighted by Gasteiger charge is -2.16. The zero-order valence-corrected chi connectivity index (χ0v) is 12.8. The number of fused-ring (bicyclic) bond motifs is 1. The van der Waals surface area contributed by atoms with Gasteiger partial charge >= 0.3 is 11.9 Å². The monoisotopic (exact) mass is 292 g/mol. The van der Waals surface area contributed by atoms with Crippen molar-refractivity contribution in [3.8, 4) is 11.5 Å². The van der Waals surface area contributed by atoms with E-state index in [2.05, 4.69) is 0 Å².